The van der Waals surface area contributed by atoms with Gasteiger partial charge in [0, 0.05) is 0 Å². The van der Waals surface area contributed by atoms with Gasteiger partial charge in [0.1, 0.15) is 5.82 Å². The second-order valence-electron chi connectivity index (χ2n) is 7.02. The highest BCUT2D eigenvalue weighted by Gasteiger charge is 2.34. The molecule has 0 aliphatic carbocycles. The third kappa shape index (κ3) is 3.49. The highest BCUT2D eigenvalue weighted by molar-refractivity contribution is 7.17. The van der Waals surface area contributed by atoms with E-state index in [4.69, 9.17) is 4.74 Å². The minimum atomic E-state index is -0.101. The lowest BCUT2D eigenvalue weighted by molar-refractivity contribution is -0.149. The van der Waals surface area contributed by atoms with Crippen molar-refractivity contribution in [1.82, 2.24) is 19.5 Å². The summed E-state index contributed by atoms with van der Waals surface area (Å²) in [6.45, 7) is 5.59. The molecule has 2 aromatic heterocycles. The fraction of sp³-hybridized carbons (Fsp3) is 0.450. The molecule has 3 aromatic rings. The van der Waals surface area contributed by atoms with Crippen molar-refractivity contribution in [3.05, 3.63) is 46.6 Å². The van der Waals surface area contributed by atoms with Crippen LogP contribution >= 0.6 is 11.3 Å². The summed E-state index contributed by atoms with van der Waals surface area (Å²) in [5.41, 5.74) is 1.11. The number of rotatable bonds is 5. The van der Waals surface area contributed by atoms with Crippen LogP contribution in [0.25, 0.3) is 4.96 Å². The first-order chi connectivity index (χ1) is 13.6. The number of aromatic hydroxyl groups is 1. The van der Waals surface area contributed by atoms with Crippen molar-refractivity contribution in [2.45, 2.75) is 32.7 Å². The van der Waals surface area contributed by atoms with Gasteiger partial charge in [-0.1, -0.05) is 41.7 Å². The Bertz CT molecular complexity index is 961. The van der Waals surface area contributed by atoms with Gasteiger partial charge in [-0.05, 0) is 45.3 Å². The van der Waals surface area contributed by atoms with Gasteiger partial charge in [0.15, 0.2) is 0 Å². The van der Waals surface area contributed by atoms with Crippen LogP contribution < -0.4 is 0 Å². The Labute approximate surface area is 167 Å². The molecule has 28 heavy (non-hydrogen) atoms. The molecule has 0 spiro atoms. The van der Waals surface area contributed by atoms with E-state index in [9.17, 15) is 9.90 Å². The predicted octanol–water partition coefficient (Wildman–Crippen LogP) is 3.17. The number of hydrogen-bond donors (Lipinski definition) is 1. The van der Waals surface area contributed by atoms with Crippen LogP contribution in [0.5, 0.6) is 5.88 Å². The van der Waals surface area contributed by atoms with Gasteiger partial charge >= 0.3 is 5.97 Å². The van der Waals surface area contributed by atoms with Crippen LogP contribution in [-0.4, -0.2) is 50.3 Å². The van der Waals surface area contributed by atoms with E-state index in [0.29, 0.717) is 17.4 Å². The molecule has 1 saturated heterocycles. The number of fused-ring (bicyclic) bond motifs is 1. The van der Waals surface area contributed by atoms with Crippen LogP contribution in [0.4, 0.5) is 0 Å². The Morgan fingerprint density at radius 3 is 2.68 bits per heavy atom. The molecule has 1 aliphatic rings. The van der Waals surface area contributed by atoms with E-state index in [1.165, 1.54) is 15.9 Å². The summed E-state index contributed by atoms with van der Waals surface area (Å²) in [4.78, 5) is 20.3. The molecule has 0 radical (unpaired) electrons. The highest BCUT2D eigenvalue weighted by atomic mass is 32.1. The summed E-state index contributed by atoms with van der Waals surface area (Å²) in [6, 6.07) is 10.0. The van der Waals surface area contributed by atoms with Gasteiger partial charge < -0.3 is 9.84 Å². The Morgan fingerprint density at radius 2 is 2.04 bits per heavy atom. The maximum absolute atomic E-state index is 12.1. The Morgan fingerprint density at radius 1 is 1.32 bits per heavy atom. The van der Waals surface area contributed by atoms with E-state index in [-0.39, 0.29) is 23.8 Å². The number of piperidine rings is 1. The Hall–Kier alpha value is -2.45. The second kappa shape index (κ2) is 7.89. The van der Waals surface area contributed by atoms with E-state index >= 15 is 0 Å². The molecule has 8 heteroatoms. The van der Waals surface area contributed by atoms with Gasteiger partial charge in [-0.15, -0.1) is 5.10 Å². The van der Waals surface area contributed by atoms with Crippen molar-refractivity contribution in [2.75, 3.05) is 19.7 Å². The largest absolute Gasteiger partial charge is 0.492 e. The molecule has 148 valence electrons. The summed E-state index contributed by atoms with van der Waals surface area (Å²) in [6.07, 6.45) is 1.51. The number of thiazole rings is 1. The number of benzene rings is 1. The third-order valence-electron chi connectivity index (χ3n) is 5.18. The van der Waals surface area contributed by atoms with Crippen molar-refractivity contribution in [3.8, 4) is 5.88 Å². The average molecular weight is 401 g/mol. The second-order valence-corrected chi connectivity index (χ2v) is 8.03. The maximum atomic E-state index is 12.1. The first kappa shape index (κ1) is 18.9. The quantitative estimate of drug-likeness (QED) is 0.663. The zero-order chi connectivity index (χ0) is 19.7. The van der Waals surface area contributed by atoms with E-state index in [2.05, 4.69) is 27.1 Å². The van der Waals surface area contributed by atoms with E-state index < -0.39 is 0 Å². The molecule has 1 N–H and O–H groups in total. The number of ether oxygens (including phenoxy) is 1. The number of likely N-dealkylation sites (tertiary alicyclic amines) is 1. The molecule has 0 amide bonds. The van der Waals surface area contributed by atoms with Crippen LogP contribution in [0.15, 0.2) is 30.3 Å². The predicted molar refractivity (Wildman–Crippen MR) is 106 cm³/mol. The molecule has 7 nitrogen and oxygen atoms in total. The molecule has 0 unspecified atom stereocenters. The molecule has 1 fully saturated rings. The average Bonchev–Trinajstić information content (AvgIpc) is 3.21. The molecular weight excluding hydrogens is 376 g/mol. The van der Waals surface area contributed by atoms with Crippen molar-refractivity contribution in [1.29, 1.82) is 0 Å². The number of carbonyl (C=O) groups excluding carboxylic acids is 1. The Balaban J connectivity index is 1.65. The van der Waals surface area contributed by atoms with Crippen molar-refractivity contribution >= 4 is 22.3 Å². The first-order valence-electron chi connectivity index (χ1n) is 9.59. The smallest absolute Gasteiger partial charge is 0.309 e. The van der Waals surface area contributed by atoms with Crippen LogP contribution in [0.3, 0.4) is 0 Å². The number of nitrogens with zero attached hydrogens (tertiary/aromatic N) is 4. The fourth-order valence-electron chi connectivity index (χ4n) is 3.84. The van der Waals surface area contributed by atoms with Gasteiger partial charge in [-0.25, -0.2) is 4.98 Å². The summed E-state index contributed by atoms with van der Waals surface area (Å²) < 4.78 is 6.70. The van der Waals surface area contributed by atoms with Crippen molar-refractivity contribution in [3.63, 3.8) is 0 Å². The topological polar surface area (TPSA) is 80.0 Å². The molecule has 1 atom stereocenters. The summed E-state index contributed by atoms with van der Waals surface area (Å²) in [5, 5.41) is 15.1. The van der Waals surface area contributed by atoms with Gasteiger partial charge in [0.25, 0.3) is 0 Å². The fourth-order valence-corrected chi connectivity index (χ4v) is 5.01. The zero-order valence-corrected chi connectivity index (χ0v) is 16.9. The van der Waals surface area contributed by atoms with Crippen LogP contribution in [-0.2, 0) is 9.53 Å². The number of hydrogen-bond acceptors (Lipinski definition) is 7. The van der Waals surface area contributed by atoms with Crippen LogP contribution in [0.1, 0.15) is 42.1 Å². The lowest BCUT2D eigenvalue weighted by atomic mass is 9.94. The van der Waals surface area contributed by atoms with Gasteiger partial charge in [0.05, 0.1) is 23.4 Å². The number of esters is 1. The van der Waals surface area contributed by atoms with Crippen LogP contribution in [0.2, 0.25) is 0 Å². The van der Waals surface area contributed by atoms with E-state index in [1.807, 2.05) is 32.0 Å². The minimum Gasteiger partial charge on any atom is -0.492 e. The molecule has 1 aliphatic heterocycles. The lowest BCUT2D eigenvalue weighted by Crippen LogP contribution is -2.39. The Kier molecular flexibility index (Phi) is 5.32. The lowest BCUT2D eigenvalue weighted by Gasteiger charge is -2.36. The molecule has 3 heterocycles. The summed E-state index contributed by atoms with van der Waals surface area (Å²) >= 11 is 1.46. The first-order valence-corrected chi connectivity index (χ1v) is 10.4. The number of aryl methyl sites for hydroxylation is 1. The maximum Gasteiger partial charge on any atom is 0.309 e. The van der Waals surface area contributed by atoms with E-state index in [0.717, 1.165) is 36.4 Å². The number of carbonyl (C=O) groups is 1. The monoisotopic (exact) mass is 400 g/mol. The molecular formula is C20H24N4O3S. The van der Waals surface area contributed by atoms with Crippen molar-refractivity contribution < 1.29 is 14.6 Å². The van der Waals surface area contributed by atoms with Gasteiger partial charge in [0.2, 0.25) is 10.8 Å². The van der Waals surface area contributed by atoms with Crippen LogP contribution in [0, 0.1) is 12.8 Å². The summed E-state index contributed by atoms with van der Waals surface area (Å²) in [7, 11) is 0. The van der Waals surface area contributed by atoms with Gasteiger partial charge in [-0.2, -0.15) is 4.52 Å². The van der Waals surface area contributed by atoms with Crippen molar-refractivity contribution in [2.24, 2.45) is 5.92 Å². The molecule has 0 bridgehead atoms. The molecule has 4 rings (SSSR count). The van der Waals surface area contributed by atoms with E-state index in [1.54, 1.807) is 0 Å². The minimum absolute atomic E-state index is 0.0498. The molecule has 0 saturated carbocycles. The normalized spacial score (nSPS) is 17.1. The summed E-state index contributed by atoms with van der Waals surface area (Å²) in [5.74, 6) is 0.628. The molecule has 1 aromatic carbocycles. The standard InChI is InChI=1S/C20H24N4O3S/c1-3-27-19(26)15-9-11-23(12-10-15)16(14-7-5-4-6-8-14)17-18(25)24-20(28-17)21-13(2)22-24/h4-8,15-16,25H,3,9-12H2,1-2H3/t16-/m1/s1. The van der Waals surface area contributed by atoms with Gasteiger partial charge in [-0.3, -0.25) is 9.69 Å². The third-order valence-corrected chi connectivity index (χ3v) is 6.26. The SMILES string of the molecule is CCOC(=O)C1CCN([C@H](c2ccccc2)c2sc3nc(C)nn3c2O)CC1. The zero-order valence-electron chi connectivity index (χ0n) is 16.0. The highest BCUT2D eigenvalue weighted by Crippen LogP contribution is 2.41. The number of aromatic nitrogens is 3.